The number of ether oxygens (including phenoxy) is 1. The fraction of sp³-hybridized carbons (Fsp3) is 0.333. The van der Waals surface area contributed by atoms with Crippen molar-refractivity contribution in [3.8, 4) is 5.75 Å². The molecule has 0 fully saturated rings. The highest BCUT2D eigenvalue weighted by atomic mass is 32.2. The number of azide groups is 1. The molecule has 0 bridgehead atoms. The van der Waals surface area contributed by atoms with E-state index in [1.807, 2.05) is 6.92 Å². The Morgan fingerprint density at radius 2 is 1.88 bits per heavy atom. The molecular formula is C9H11N3O3S. The molecule has 0 aromatic heterocycles. The summed E-state index contributed by atoms with van der Waals surface area (Å²) in [4.78, 5) is 2.18. The molecule has 0 heterocycles. The molecule has 0 atom stereocenters. The van der Waals surface area contributed by atoms with Gasteiger partial charge in [0, 0.05) is 9.43 Å². The van der Waals surface area contributed by atoms with Gasteiger partial charge in [-0.15, -0.1) is 0 Å². The van der Waals surface area contributed by atoms with Gasteiger partial charge in [-0.2, -0.15) is 0 Å². The number of hydrogen-bond acceptors (Lipinski definition) is 3. The van der Waals surface area contributed by atoms with Crippen LogP contribution >= 0.6 is 0 Å². The van der Waals surface area contributed by atoms with Gasteiger partial charge in [-0.3, -0.25) is 0 Å². The van der Waals surface area contributed by atoms with Crippen LogP contribution in [0.1, 0.15) is 11.1 Å². The number of aryl methyl sites for hydroxylation is 2. The molecule has 86 valence electrons. The molecule has 1 aromatic rings. The zero-order valence-corrected chi connectivity index (χ0v) is 9.95. The topological polar surface area (TPSA) is 92.1 Å². The molecule has 16 heavy (non-hydrogen) atoms. The lowest BCUT2D eigenvalue weighted by atomic mass is 10.1. The van der Waals surface area contributed by atoms with Crippen molar-refractivity contribution in [3.63, 3.8) is 0 Å². The third-order valence-electron chi connectivity index (χ3n) is 2.20. The molecule has 0 unspecified atom stereocenters. The summed E-state index contributed by atoms with van der Waals surface area (Å²) in [6, 6.07) is 3.02. The summed E-state index contributed by atoms with van der Waals surface area (Å²) in [5.74, 6) is 0.176. The van der Waals surface area contributed by atoms with Crippen LogP contribution in [0.15, 0.2) is 21.5 Å². The highest BCUT2D eigenvalue weighted by Gasteiger charge is 2.19. The minimum atomic E-state index is -4.01. The van der Waals surface area contributed by atoms with Gasteiger partial charge in [-0.1, -0.05) is 0 Å². The predicted molar refractivity (Wildman–Crippen MR) is 58.8 cm³/mol. The van der Waals surface area contributed by atoms with Crippen molar-refractivity contribution in [2.24, 2.45) is 4.52 Å². The van der Waals surface area contributed by atoms with E-state index in [4.69, 9.17) is 10.3 Å². The molecule has 1 rings (SSSR count). The Labute approximate surface area is 93.5 Å². The summed E-state index contributed by atoms with van der Waals surface area (Å²) in [6.07, 6.45) is 0. The molecule has 6 nitrogen and oxygen atoms in total. The van der Waals surface area contributed by atoms with Crippen LogP contribution in [0.4, 0.5) is 0 Å². The maximum atomic E-state index is 11.6. The first-order valence-electron chi connectivity index (χ1n) is 4.39. The van der Waals surface area contributed by atoms with Crippen molar-refractivity contribution in [1.82, 2.24) is 0 Å². The van der Waals surface area contributed by atoms with Crippen molar-refractivity contribution < 1.29 is 13.2 Å². The van der Waals surface area contributed by atoms with E-state index in [1.165, 1.54) is 13.2 Å². The smallest absolute Gasteiger partial charge is 0.267 e. The molecule has 0 N–H and O–H groups in total. The molecule has 0 radical (unpaired) electrons. The van der Waals surface area contributed by atoms with Gasteiger partial charge < -0.3 is 4.74 Å². The Morgan fingerprint density at radius 3 is 2.38 bits per heavy atom. The average Bonchev–Trinajstić information content (AvgIpc) is 2.21. The number of methoxy groups -OCH3 is 1. The predicted octanol–water partition coefficient (Wildman–Crippen LogP) is 2.31. The van der Waals surface area contributed by atoms with Crippen LogP contribution in [0.2, 0.25) is 0 Å². The van der Waals surface area contributed by atoms with Gasteiger partial charge >= 0.3 is 0 Å². The van der Waals surface area contributed by atoms with Crippen LogP contribution in [0.25, 0.3) is 10.4 Å². The Kier molecular flexibility index (Phi) is 3.41. The first kappa shape index (κ1) is 12.4. The summed E-state index contributed by atoms with van der Waals surface area (Å²) < 4.78 is 30.9. The molecule has 0 amide bonds. The molecule has 1 aromatic carbocycles. The third-order valence-corrected chi connectivity index (χ3v) is 3.36. The summed E-state index contributed by atoms with van der Waals surface area (Å²) in [5, 5.41) is 0. The van der Waals surface area contributed by atoms with Crippen molar-refractivity contribution in [2.75, 3.05) is 7.11 Å². The molecule has 0 spiro atoms. The highest BCUT2D eigenvalue weighted by Crippen LogP contribution is 2.28. The Balaban J connectivity index is 3.56. The lowest BCUT2D eigenvalue weighted by molar-refractivity contribution is 0.402. The normalized spacial score (nSPS) is 10.7. The van der Waals surface area contributed by atoms with Gasteiger partial charge in [-0.05, 0) is 42.6 Å². The van der Waals surface area contributed by atoms with Crippen LogP contribution in [0.3, 0.4) is 0 Å². The van der Waals surface area contributed by atoms with E-state index in [2.05, 4.69) is 9.43 Å². The van der Waals surface area contributed by atoms with Crippen LogP contribution in [-0.4, -0.2) is 15.5 Å². The van der Waals surface area contributed by atoms with E-state index in [0.717, 1.165) is 11.1 Å². The summed E-state index contributed by atoms with van der Waals surface area (Å²) in [7, 11) is -2.65. The first-order valence-corrected chi connectivity index (χ1v) is 5.83. The Bertz CT molecular complexity index is 560. The number of nitrogens with zero attached hydrogens (tertiary/aromatic N) is 3. The van der Waals surface area contributed by atoms with Crippen molar-refractivity contribution >= 4 is 10.0 Å². The molecule has 0 aliphatic carbocycles. The quantitative estimate of drug-likeness (QED) is 0.461. The maximum absolute atomic E-state index is 11.6. The van der Waals surface area contributed by atoms with Crippen LogP contribution in [0.5, 0.6) is 5.75 Å². The monoisotopic (exact) mass is 241 g/mol. The largest absolute Gasteiger partial charge is 0.495 e. The minimum Gasteiger partial charge on any atom is -0.495 e. The second-order valence-corrected chi connectivity index (χ2v) is 4.79. The van der Waals surface area contributed by atoms with Crippen molar-refractivity contribution in [2.45, 2.75) is 18.7 Å². The second-order valence-electron chi connectivity index (χ2n) is 3.23. The molecule has 0 aliphatic rings. The van der Waals surface area contributed by atoms with Gasteiger partial charge in [0.1, 0.15) is 10.6 Å². The zero-order chi connectivity index (χ0) is 12.3. The lowest BCUT2D eigenvalue weighted by Crippen LogP contribution is -2.01. The Morgan fingerprint density at radius 1 is 1.31 bits per heavy atom. The SMILES string of the molecule is COc1cc(C)c(C)cc1S(=O)(=O)N=[N+]=[N-]. The van der Waals surface area contributed by atoms with Crippen molar-refractivity contribution in [1.29, 1.82) is 0 Å². The van der Waals surface area contributed by atoms with E-state index < -0.39 is 10.0 Å². The van der Waals surface area contributed by atoms with Crippen molar-refractivity contribution in [3.05, 3.63) is 33.7 Å². The molecule has 0 saturated heterocycles. The average molecular weight is 241 g/mol. The van der Waals surface area contributed by atoms with Crippen LogP contribution in [0, 0.1) is 13.8 Å². The van der Waals surface area contributed by atoms with E-state index in [9.17, 15) is 8.42 Å². The van der Waals surface area contributed by atoms with Gasteiger partial charge in [0.25, 0.3) is 10.0 Å². The van der Waals surface area contributed by atoms with Gasteiger partial charge in [0.05, 0.1) is 7.11 Å². The van der Waals surface area contributed by atoms with Gasteiger partial charge in [0.15, 0.2) is 0 Å². The fourth-order valence-electron chi connectivity index (χ4n) is 1.22. The number of sulfonamides is 1. The molecular weight excluding hydrogens is 230 g/mol. The standard InChI is InChI=1S/C9H11N3O3S/c1-6-4-8(15-3)9(5-7(6)2)16(13,14)12-11-10/h4-5H,1-3H3. The molecule has 0 aliphatic heterocycles. The highest BCUT2D eigenvalue weighted by molar-refractivity contribution is 7.90. The molecule has 7 heteroatoms. The van der Waals surface area contributed by atoms with E-state index >= 15 is 0 Å². The lowest BCUT2D eigenvalue weighted by Gasteiger charge is -2.09. The Hall–Kier alpha value is -1.72. The fourth-order valence-corrected chi connectivity index (χ4v) is 2.12. The second kappa shape index (κ2) is 4.42. The summed E-state index contributed by atoms with van der Waals surface area (Å²) in [6.45, 7) is 3.60. The van der Waals surface area contributed by atoms with Crippen LogP contribution < -0.4 is 4.74 Å². The molecule has 0 saturated carbocycles. The van der Waals surface area contributed by atoms with E-state index in [-0.39, 0.29) is 10.6 Å². The van der Waals surface area contributed by atoms with Gasteiger partial charge in [0.2, 0.25) is 0 Å². The third kappa shape index (κ3) is 2.26. The summed E-state index contributed by atoms with van der Waals surface area (Å²) in [5.41, 5.74) is 9.87. The van der Waals surface area contributed by atoms with E-state index in [1.54, 1.807) is 13.0 Å². The minimum absolute atomic E-state index is 0.115. The van der Waals surface area contributed by atoms with Crippen LogP contribution in [-0.2, 0) is 10.0 Å². The number of benzene rings is 1. The first-order chi connectivity index (χ1) is 7.42. The number of rotatable bonds is 3. The summed E-state index contributed by atoms with van der Waals surface area (Å²) >= 11 is 0. The van der Waals surface area contributed by atoms with Gasteiger partial charge in [-0.25, -0.2) is 8.42 Å². The zero-order valence-electron chi connectivity index (χ0n) is 9.13. The maximum Gasteiger partial charge on any atom is 0.267 e. The van der Waals surface area contributed by atoms with E-state index in [0.29, 0.717) is 0 Å². The number of hydrogen-bond donors (Lipinski definition) is 0.